The van der Waals surface area contributed by atoms with Gasteiger partial charge in [-0.3, -0.25) is 4.79 Å². The zero-order valence-electron chi connectivity index (χ0n) is 8.38. The van der Waals surface area contributed by atoms with Gasteiger partial charge in [0.25, 0.3) is 0 Å². The summed E-state index contributed by atoms with van der Waals surface area (Å²) in [4.78, 5) is 10.2. The lowest BCUT2D eigenvalue weighted by Crippen LogP contribution is -2.29. The molecule has 0 aliphatic carbocycles. The Bertz CT molecular complexity index is 136. The van der Waals surface area contributed by atoms with Crippen molar-refractivity contribution in [3.05, 3.63) is 0 Å². The fourth-order valence-electron chi connectivity index (χ4n) is 1.15. The Kier molecular flexibility index (Phi) is 8.24. The van der Waals surface area contributed by atoms with Crippen LogP contribution in [0.25, 0.3) is 0 Å². The van der Waals surface area contributed by atoms with Crippen LogP contribution in [0.5, 0.6) is 0 Å². The Hall–Kier alpha value is -0.220. The van der Waals surface area contributed by atoms with Crippen molar-refractivity contribution < 1.29 is 9.90 Å². The highest BCUT2D eigenvalue weighted by Crippen LogP contribution is 2.19. The molecular formula is C9H19NO2S. The minimum absolute atomic E-state index is 0.255. The summed E-state index contributed by atoms with van der Waals surface area (Å²) in [6, 6.07) is 0. The molecule has 2 N–H and O–H groups in total. The van der Waals surface area contributed by atoms with Crippen molar-refractivity contribution in [2.45, 2.75) is 31.9 Å². The molecule has 0 spiro atoms. The average molecular weight is 205 g/mol. The monoisotopic (exact) mass is 205 g/mol. The Labute approximate surface area is 84.3 Å². The van der Waals surface area contributed by atoms with Crippen LogP contribution < -0.4 is 5.32 Å². The zero-order valence-corrected chi connectivity index (χ0v) is 9.19. The molecule has 0 aromatic heterocycles. The molecule has 0 radical (unpaired) electrons. The first kappa shape index (κ1) is 12.8. The van der Waals surface area contributed by atoms with Crippen LogP contribution in [0.3, 0.4) is 0 Å². The van der Waals surface area contributed by atoms with Crippen molar-refractivity contribution in [3.63, 3.8) is 0 Å². The molecule has 0 aromatic rings. The number of hydrogen-bond acceptors (Lipinski definition) is 3. The number of rotatable bonds is 3. The summed E-state index contributed by atoms with van der Waals surface area (Å²) in [7, 11) is 0. The van der Waals surface area contributed by atoms with Crippen LogP contribution in [-0.4, -0.2) is 35.2 Å². The molecule has 3 nitrogen and oxygen atoms in total. The van der Waals surface area contributed by atoms with Gasteiger partial charge in [0.1, 0.15) is 0 Å². The average Bonchev–Trinajstić information content (AvgIpc) is 2.19. The number of nitrogens with one attached hydrogen (secondary N) is 1. The minimum atomic E-state index is -0.700. The first-order chi connectivity index (χ1) is 6.29. The van der Waals surface area contributed by atoms with Crippen molar-refractivity contribution in [3.8, 4) is 0 Å². The quantitative estimate of drug-likeness (QED) is 0.734. The number of carboxylic acids is 1. The van der Waals surface area contributed by atoms with E-state index in [2.05, 4.69) is 5.32 Å². The molecule has 0 unspecified atom stereocenters. The smallest absolute Gasteiger partial charge is 0.313 e. The van der Waals surface area contributed by atoms with Gasteiger partial charge in [-0.2, -0.15) is 0 Å². The summed E-state index contributed by atoms with van der Waals surface area (Å²) in [5.41, 5.74) is 0. The van der Waals surface area contributed by atoms with Crippen molar-refractivity contribution >= 4 is 17.7 Å². The Morgan fingerprint density at radius 3 is 2.46 bits per heavy atom. The van der Waals surface area contributed by atoms with Crippen LogP contribution in [-0.2, 0) is 4.79 Å². The number of carbonyl (C=O) groups is 1. The normalized spacial score (nSPS) is 17.4. The van der Waals surface area contributed by atoms with Gasteiger partial charge in [-0.25, -0.2) is 0 Å². The summed E-state index contributed by atoms with van der Waals surface area (Å²) in [6.45, 7) is 6.08. The van der Waals surface area contributed by atoms with Gasteiger partial charge in [0.05, 0.1) is 5.75 Å². The van der Waals surface area contributed by atoms with Crippen LogP contribution in [0.15, 0.2) is 0 Å². The van der Waals surface area contributed by atoms with E-state index in [4.69, 9.17) is 5.11 Å². The van der Waals surface area contributed by atoms with Crippen LogP contribution >= 0.6 is 11.8 Å². The predicted molar refractivity (Wildman–Crippen MR) is 57.3 cm³/mol. The van der Waals surface area contributed by atoms with E-state index in [0.717, 1.165) is 25.9 Å². The fourth-order valence-corrected chi connectivity index (χ4v) is 2.10. The van der Waals surface area contributed by atoms with Gasteiger partial charge < -0.3 is 10.4 Å². The van der Waals surface area contributed by atoms with E-state index in [1.165, 1.54) is 0 Å². The molecule has 1 rings (SSSR count). The SMILES string of the molecule is CC.O=C(O)CSC1CCNCC1. The molecule has 0 bridgehead atoms. The van der Waals surface area contributed by atoms with E-state index in [1.807, 2.05) is 13.8 Å². The fraction of sp³-hybridized carbons (Fsp3) is 0.889. The van der Waals surface area contributed by atoms with E-state index in [1.54, 1.807) is 11.8 Å². The summed E-state index contributed by atoms with van der Waals surface area (Å²) < 4.78 is 0. The first-order valence-corrected chi connectivity index (χ1v) is 5.88. The van der Waals surface area contributed by atoms with Gasteiger partial charge >= 0.3 is 5.97 Å². The van der Waals surface area contributed by atoms with Gasteiger partial charge in [0.2, 0.25) is 0 Å². The van der Waals surface area contributed by atoms with Crippen LogP contribution in [0.2, 0.25) is 0 Å². The molecule has 78 valence electrons. The molecule has 0 saturated carbocycles. The summed E-state index contributed by atoms with van der Waals surface area (Å²) in [6.07, 6.45) is 2.22. The molecular weight excluding hydrogens is 186 g/mol. The highest BCUT2D eigenvalue weighted by atomic mass is 32.2. The molecule has 1 heterocycles. The van der Waals surface area contributed by atoms with Crippen LogP contribution in [0.1, 0.15) is 26.7 Å². The van der Waals surface area contributed by atoms with Crippen molar-refractivity contribution in [2.75, 3.05) is 18.8 Å². The van der Waals surface area contributed by atoms with Crippen molar-refractivity contribution in [1.82, 2.24) is 5.32 Å². The number of thioether (sulfide) groups is 1. The second kappa shape index (κ2) is 8.38. The molecule has 0 atom stereocenters. The highest BCUT2D eigenvalue weighted by molar-refractivity contribution is 8.00. The van der Waals surface area contributed by atoms with E-state index in [0.29, 0.717) is 5.25 Å². The molecule has 0 aromatic carbocycles. The van der Waals surface area contributed by atoms with E-state index in [-0.39, 0.29) is 5.75 Å². The number of hydrogen-bond donors (Lipinski definition) is 2. The van der Waals surface area contributed by atoms with Gasteiger partial charge in [-0.1, -0.05) is 13.8 Å². The Balaban J connectivity index is 0.000000671. The maximum Gasteiger partial charge on any atom is 0.313 e. The maximum atomic E-state index is 10.2. The highest BCUT2D eigenvalue weighted by Gasteiger charge is 2.13. The second-order valence-corrected chi connectivity index (χ2v) is 3.94. The molecule has 1 aliphatic rings. The molecule has 1 saturated heterocycles. The van der Waals surface area contributed by atoms with Crippen LogP contribution in [0, 0.1) is 0 Å². The van der Waals surface area contributed by atoms with E-state index in [9.17, 15) is 4.79 Å². The first-order valence-electron chi connectivity index (χ1n) is 4.83. The van der Waals surface area contributed by atoms with Gasteiger partial charge in [-0.15, -0.1) is 11.8 Å². The van der Waals surface area contributed by atoms with Gasteiger partial charge in [0, 0.05) is 5.25 Å². The topological polar surface area (TPSA) is 49.3 Å². The lowest BCUT2D eigenvalue weighted by molar-refractivity contribution is -0.133. The Morgan fingerprint density at radius 2 is 2.00 bits per heavy atom. The third-order valence-corrected chi connectivity index (χ3v) is 3.09. The molecule has 1 aliphatic heterocycles. The molecule has 13 heavy (non-hydrogen) atoms. The third-order valence-electron chi connectivity index (χ3n) is 1.73. The van der Waals surface area contributed by atoms with E-state index >= 15 is 0 Å². The van der Waals surface area contributed by atoms with Crippen LogP contribution in [0.4, 0.5) is 0 Å². The summed E-state index contributed by atoms with van der Waals surface area (Å²) in [5, 5.41) is 12.2. The lowest BCUT2D eigenvalue weighted by atomic mass is 10.2. The number of piperidine rings is 1. The largest absolute Gasteiger partial charge is 0.481 e. The summed E-state index contributed by atoms with van der Waals surface area (Å²) >= 11 is 1.57. The lowest BCUT2D eigenvalue weighted by Gasteiger charge is -2.20. The van der Waals surface area contributed by atoms with Crippen molar-refractivity contribution in [2.24, 2.45) is 0 Å². The third kappa shape index (κ3) is 6.90. The van der Waals surface area contributed by atoms with Gasteiger partial charge in [0.15, 0.2) is 0 Å². The maximum absolute atomic E-state index is 10.2. The van der Waals surface area contributed by atoms with E-state index < -0.39 is 5.97 Å². The summed E-state index contributed by atoms with van der Waals surface area (Å²) in [5.74, 6) is -0.446. The van der Waals surface area contributed by atoms with Crippen molar-refractivity contribution in [1.29, 1.82) is 0 Å². The molecule has 1 fully saturated rings. The number of aliphatic carboxylic acids is 1. The molecule has 4 heteroatoms. The Morgan fingerprint density at radius 1 is 1.46 bits per heavy atom. The number of carboxylic acid groups (broad SMARTS) is 1. The predicted octanol–water partition coefficient (Wildman–Crippen LogP) is 1.58. The second-order valence-electron chi connectivity index (χ2n) is 2.65. The molecule has 0 amide bonds. The van der Waals surface area contributed by atoms with Gasteiger partial charge in [-0.05, 0) is 25.9 Å². The zero-order chi connectivity index (χ0) is 10.1. The minimum Gasteiger partial charge on any atom is -0.481 e. The standard InChI is InChI=1S/C7H13NO2S.C2H6/c9-7(10)5-11-6-1-3-8-4-2-6;1-2/h6,8H,1-5H2,(H,9,10);1-2H3.